The summed E-state index contributed by atoms with van der Waals surface area (Å²) in [6.07, 6.45) is 0.774. The van der Waals surface area contributed by atoms with Gasteiger partial charge in [0.1, 0.15) is 0 Å². The van der Waals surface area contributed by atoms with Gasteiger partial charge in [-0.15, -0.1) is 0 Å². The van der Waals surface area contributed by atoms with E-state index in [9.17, 15) is 18.0 Å². The third-order valence-electron chi connectivity index (χ3n) is 5.01. The molecule has 0 atom stereocenters. The number of aromatic nitrogens is 1. The summed E-state index contributed by atoms with van der Waals surface area (Å²) in [5.41, 5.74) is 2.32. The molecule has 0 saturated carbocycles. The van der Waals surface area contributed by atoms with Gasteiger partial charge in [0.25, 0.3) is 0 Å². The molecule has 0 unspecified atom stereocenters. The fraction of sp³-hybridized carbons (Fsp3) is 0.364. The Hall–Kier alpha value is -2.58. The van der Waals surface area contributed by atoms with Crippen LogP contribution in [0.3, 0.4) is 0 Å². The molecule has 3 rings (SSSR count). The number of hydrogen-bond acceptors (Lipinski definition) is 3. The molecule has 0 spiro atoms. The second-order valence-electron chi connectivity index (χ2n) is 7.66. The molecule has 9 heteroatoms. The fourth-order valence-corrected chi connectivity index (χ4v) is 3.53. The van der Waals surface area contributed by atoms with Gasteiger partial charge in [-0.25, -0.2) is 4.79 Å². The lowest BCUT2D eigenvalue weighted by atomic mass is 10.0. The number of carbonyl (C=O) groups is 1. The molecule has 1 N–H and O–H groups in total. The van der Waals surface area contributed by atoms with Crippen LogP contribution >= 0.6 is 11.6 Å². The first-order valence-corrected chi connectivity index (χ1v) is 10.2. The van der Waals surface area contributed by atoms with Gasteiger partial charge in [0.15, 0.2) is 0 Å². The second kappa shape index (κ2) is 9.70. The Balaban J connectivity index is 1.60. The van der Waals surface area contributed by atoms with Gasteiger partial charge < -0.3 is 15.1 Å². The van der Waals surface area contributed by atoms with Crippen LogP contribution < -0.4 is 5.32 Å². The molecule has 0 aliphatic carbocycles. The van der Waals surface area contributed by atoms with Crippen LogP contribution in [-0.4, -0.2) is 54.5 Å². The molecule has 1 aromatic heterocycles. The summed E-state index contributed by atoms with van der Waals surface area (Å²) in [6, 6.07) is 5.94. The molecule has 0 radical (unpaired) electrons. The van der Waals surface area contributed by atoms with Gasteiger partial charge in [0, 0.05) is 31.5 Å². The van der Waals surface area contributed by atoms with E-state index in [1.807, 2.05) is 32.4 Å². The van der Waals surface area contributed by atoms with Crippen LogP contribution in [-0.2, 0) is 12.6 Å². The number of halogens is 4. The normalized spacial score (nSPS) is 14.5. The highest BCUT2D eigenvalue weighted by Crippen LogP contribution is 2.30. The van der Waals surface area contributed by atoms with E-state index in [-0.39, 0.29) is 6.03 Å². The van der Waals surface area contributed by atoms with E-state index in [0.717, 1.165) is 41.9 Å². The highest BCUT2D eigenvalue weighted by molar-refractivity contribution is 6.32. The van der Waals surface area contributed by atoms with E-state index >= 15 is 0 Å². The van der Waals surface area contributed by atoms with E-state index in [2.05, 4.69) is 15.2 Å². The van der Waals surface area contributed by atoms with Crippen molar-refractivity contribution in [2.45, 2.75) is 19.0 Å². The largest absolute Gasteiger partial charge is 0.416 e. The molecular formula is C22H24ClF3N4O. The van der Waals surface area contributed by atoms with Gasteiger partial charge in [0.2, 0.25) is 0 Å². The molecule has 31 heavy (non-hydrogen) atoms. The van der Waals surface area contributed by atoms with Crippen molar-refractivity contribution in [2.75, 3.05) is 39.0 Å². The number of urea groups is 1. The first kappa shape index (κ1) is 23.1. The van der Waals surface area contributed by atoms with Crippen molar-refractivity contribution in [3.8, 4) is 0 Å². The summed E-state index contributed by atoms with van der Waals surface area (Å²) in [5.74, 6) is 0. The zero-order valence-electron chi connectivity index (χ0n) is 17.3. The molecule has 2 heterocycles. The SMILES string of the molecule is CN(C)CCc1cnc(C2=CCN(C(=O)Nc3ccc(C(F)(F)F)cc3)CC2)c(Cl)c1. The number of anilines is 1. The monoisotopic (exact) mass is 452 g/mol. The van der Waals surface area contributed by atoms with Crippen LogP contribution in [0.5, 0.6) is 0 Å². The summed E-state index contributed by atoms with van der Waals surface area (Å²) in [6.45, 7) is 1.73. The topological polar surface area (TPSA) is 48.5 Å². The molecule has 0 saturated heterocycles. The molecule has 2 aromatic rings. The Morgan fingerprint density at radius 1 is 1.26 bits per heavy atom. The maximum absolute atomic E-state index is 12.7. The molecular weight excluding hydrogens is 429 g/mol. The van der Waals surface area contributed by atoms with Gasteiger partial charge in [-0.05, 0) is 68.4 Å². The molecule has 0 bridgehead atoms. The third kappa shape index (κ3) is 6.21. The minimum atomic E-state index is -4.41. The van der Waals surface area contributed by atoms with E-state index in [4.69, 9.17) is 11.6 Å². The highest BCUT2D eigenvalue weighted by atomic mass is 35.5. The zero-order valence-corrected chi connectivity index (χ0v) is 18.1. The summed E-state index contributed by atoms with van der Waals surface area (Å²) in [4.78, 5) is 20.6. The number of hydrogen-bond donors (Lipinski definition) is 1. The number of alkyl halides is 3. The first-order valence-electron chi connectivity index (χ1n) is 9.85. The van der Waals surface area contributed by atoms with Crippen molar-refractivity contribution in [3.05, 3.63) is 64.4 Å². The molecule has 1 aliphatic rings. The van der Waals surface area contributed by atoms with Crippen molar-refractivity contribution in [1.82, 2.24) is 14.8 Å². The van der Waals surface area contributed by atoms with Crippen LogP contribution in [0.25, 0.3) is 5.57 Å². The van der Waals surface area contributed by atoms with Crippen molar-refractivity contribution in [3.63, 3.8) is 0 Å². The Labute approximate surface area is 184 Å². The van der Waals surface area contributed by atoms with E-state index in [1.54, 1.807) is 4.90 Å². The number of pyridine rings is 1. The maximum Gasteiger partial charge on any atom is 0.416 e. The summed E-state index contributed by atoms with van der Waals surface area (Å²) in [5, 5.41) is 3.22. The predicted molar refractivity (Wildman–Crippen MR) is 116 cm³/mol. The lowest BCUT2D eigenvalue weighted by Crippen LogP contribution is -2.38. The second-order valence-corrected chi connectivity index (χ2v) is 8.07. The average molecular weight is 453 g/mol. The molecule has 2 amide bonds. The van der Waals surface area contributed by atoms with Crippen LogP contribution in [0.1, 0.15) is 23.2 Å². The van der Waals surface area contributed by atoms with Gasteiger partial charge >= 0.3 is 12.2 Å². The van der Waals surface area contributed by atoms with E-state index in [0.29, 0.717) is 30.2 Å². The minimum absolute atomic E-state index is 0.311. The number of rotatable bonds is 5. The Bertz CT molecular complexity index is 958. The molecule has 166 valence electrons. The summed E-state index contributed by atoms with van der Waals surface area (Å²) >= 11 is 6.44. The third-order valence-corrected chi connectivity index (χ3v) is 5.30. The number of amides is 2. The smallest absolute Gasteiger partial charge is 0.320 e. The van der Waals surface area contributed by atoms with Crippen LogP contribution in [0.4, 0.5) is 23.7 Å². The Morgan fingerprint density at radius 3 is 2.52 bits per heavy atom. The molecule has 0 fully saturated rings. The quantitative estimate of drug-likeness (QED) is 0.680. The summed E-state index contributed by atoms with van der Waals surface area (Å²) in [7, 11) is 4.02. The zero-order chi connectivity index (χ0) is 22.6. The minimum Gasteiger partial charge on any atom is -0.320 e. The number of nitrogens with zero attached hydrogens (tertiary/aromatic N) is 3. The number of benzene rings is 1. The number of likely N-dealkylation sites (N-methyl/N-ethyl adjacent to an activating group) is 1. The van der Waals surface area contributed by atoms with Crippen molar-refractivity contribution in [2.24, 2.45) is 0 Å². The lowest BCUT2D eigenvalue weighted by Gasteiger charge is -2.27. The molecule has 1 aliphatic heterocycles. The first-order chi connectivity index (χ1) is 14.6. The molecule has 5 nitrogen and oxygen atoms in total. The van der Waals surface area contributed by atoms with Gasteiger partial charge in [-0.3, -0.25) is 4.98 Å². The highest BCUT2D eigenvalue weighted by Gasteiger charge is 2.30. The Kier molecular flexibility index (Phi) is 7.23. The van der Waals surface area contributed by atoms with Crippen molar-refractivity contribution in [1.29, 1.82) is 0 Å². The number of nitrogens with one attached hydrogen (secondary N) is 1. The van der Waals surface area contributed by atoms with Crippen LogP contribution in [0.2, 0.25) is 5.02 Å². The maximum atomic E-state index is 12.7. The van der Waals surface area contributed by atoms with Crippen molar-refractivity contribution >= 4 is 28.9 Å². The van der Waals surface area contributed by atoms with E-state index < -0.39 is 11.7 Å². The van der Waals surface area contributed by atoms with Gasteiger partial charge in [-0.1, -0.05) is 17.7 Å². The number of carbonyl (C=O) groups excluding carboxylic acids is 1. The van der Waals surface area contributed by atoms with Crippen LogP contribution in [0, 0.1) is 0 Å². The fourth-order valence-electron chi connectivity index (χ4n) is 3.22. The van der Waals surface area contributed by atoms with E-state index in [1.165, 1.54) is 12.1 Å². The van der Waals surface area contributed by atoms with Crippen LogP contribution in [0.15, 0.2) is 42.6 Å². The van der Waals surface area contributed by atoms with Crippen molar-refractivity contribution < 1.29 is 18.0 Å². The van der Waals surface area contributed by atoms with Gasteiger partial charge in [-0.2, -0.15) is 13.2 Å². The molecule has 1 aromatic carbocycles. The Morgan fingerprint density at radius 2 is 1.97 bits per heavy atom. The standard InChI is InChI=1S/C22H24ClF3N4O/c1-29(2)10-7-15-13-19(23)20(27-14-15)16-8-11-30(12-9-16)21(31)28-18-5-3-17(4-6-18)22(24,25)26/h3-6,8,13-14H,7,9-12H2,1-2H3,(H,28,31). The summed E-state index contributed by atoms with van der Waals surface area (Å²) < 4.78 is 38.0. The van der Waals surface area contributed by atoms with Gasteiger partial charge in [0.05, 0.1) is 16.3 Å². The average Bonchev–Trinajstić information content (AvgIpc) is 2.72. The predicted octanol–water partition coefficient (Wildman–Crippen LogP) is 5.18. The lowest BCUT2D eigenvalue weighted by molar-refractivity contribution is -0.137.